The van der Waals surface area contributed by atoms with E-state index < -0.39 is 6.10 Å². The Balaban J connectivity index is 1.24. The summed E-state index contributed by atoms with van der Waals surface area (Å²) in [7, 11) is 0. The molecule has 3 aromatic carbocycles. The molecule has 1 unspecified atom stereocenters. The number of carbonyl (C=O) groups is 1. The summed E-state index contributed by atoms with van der Waals surface area (Å²) < 4.78 is 22.0. The Morgan fingerprint density at radius 2 is 1.77 bits per heavy atom. The van der Waals surface area contributed by atoms with Crippen LogP contribution in [0.25, 0.3) is 0 Å². The molecule has 0 spiro atoms. The van der Waals surface area contributed by atoms with Crippen molar-refractivity contribution in [3.63, 3.8) is 0 Å². The molecule has 3 aromatic rings. The maximum Gasteiger partial charge on any atom is 0.280 e. The van der Waals surface area contributed by atoms with Gasteiger partial charge in [-0.15, -0.1) is 0 Å². The largest absolute Gasteiger partial charge is 0.489 e. The lowest BCUT2D eigenvalue weighted by atomic mass is 10.2. The van der Waals surface area contributed by atoms with Crippen LogP contribution in [-0.2, 0) is 11.4 Å². The number of fused-ring (bicyclic) bond motifs is 1. The molecule has 0 aromatic heterocycles. The van der Waals surface area contributed by atoms with Crippen LogP contribution in [0.1, 0.15) is 18.1 Å². The van der Waals surface area contributed by atoms with Crippen molar-refractivity contribution in [1.29, 1.82) is 0 Å². The molecule has 0 radical (unpaired) electrons. The third-order valence-electron chi connectivity index (χ3n) is 4.54. The number of rotatable bonds is 8. The van der Waals surface area contributed by atoms with E-state index in [0.29, 0.717) is 23.9 Å². The first-order valence-electron chi connectivity index (χ1n) is 9.83. The third kappa shape index (κ3) is 5.54. The van der Waals surface area contributed by atoms with E-state index >= 15 is 0 Å². The van der Waals surface area contributed by atoms with Crippen LogP contribution in [0, 0.1) is 0 Å². The molecule has 4 rings (SSSR count). The number of benzene rings is 3. The minimum Gasteiger partial charge on any atom is -0.489 e. The van der Waals surface area contributed by atoms with E-state index in [1.165, 1.54) is 6.21 Å². The van der Waals surface area contributed by atoms with Crippen LogP contribution in [0.15, 0.2) is 77.9 Å². The van der Waals surface area contributed by atoms with E-state index in [-0.39, 0.29) is 12.7 Å². The molecule has 0 bridgehead atoms. The van der Waals surface area contributed by atoms with Crippen LogP contribution in [0.2, 0.25) is 0 Å². The zero-order valence-electron chi connectivity index (χ0n) is 17.0. The van der Waals surface area contributed by atoms with Crippen LogP contribution in [0.4, 0.5) is 0 Å². The molecule has 1 amide bonds. The lowest BCUT2D eigenvalue weighted by Crippen LogP contribution is -2.33. The molecule has 0 fully saturated rings. The van der Waals surface area contributed by atoms with E-state index in [1.54, 1.807) is 43.3 Å². The lowest BCUT2D eigenvalue weighted by Gasteiger charge is -2.13. The maximum atomic E-state index is 12.2. The van der Waals surface area contributed by atoms with Gasteiger partial charge in [-0.3, -0.25) is 4.79 Å². The van der Waals surface area contributed by atoms with Crippen LogP contribution in [0.3, 0.4) is 0 Å². The van der Waals surface area contributed by atoms with Gasteiger partial charge < -0.3 is 18.9 Å². The second kappa shape index (κ2) is 9.67. The van der Waals surface area contributed by atoms with E-state index in [9.17, 15) is 4.79 Å². The first-order chi connectivity index (χ1) is 15.2. The summed E-state index contributed by atoms with van der Waals surface area (Å²) in [6, 6.07) is 22.5. The fourth-order valence-corrected chi connectivity index (χ4v) is 2.87. The van der Waals surface area contributed by atoms with Crippen molar-refractivity contribution >= 4 is 12.1 Å². The van der Waals surface area contributed by atoms with Crippen LogP contribution in [0.5, 0.6) is 23.0 Å². The van der Waals surface area contributed by atoms with Gasteiger partial charge in [0.1, 0.15) is 18.1 Å². The van der Waals surface area contributed by atoms with Crippen molar-refractivity contribution in [3.05, 3.63) is 83.9 Å². The highest BCUT2D eigenvalue weighted by Crippen LogP contribution is 2.31. The molecule has 7 heteroatoms. The average molecular weight is 418 g/mol. The van der Waals surface area contributed by atoms with Crippen molar-refractivity contribution in [1.82, 2.24) is 5.43 Å². The number of nitrogens with zero attached hydrogens (tertiary/aromatic N) is 1. The topological polar surface area (TPSA) is 78.4 Å². The quantitative estimate of drug-likeness (QED) is 0.443. The monoisotopic (exact) mass is 418 g/mol. The molecule has 0 saturated heterocycles. The van der Waals surface area contributed by atoms with E-state index in [0.717, 1.165) is 16.9 Å². The molecular formula is C24H22N2O5. The summed E-state index contributed by atoms with van der Waals surface area (Å²) in [6.45, 7) is 2.36. The summed E-state index contributed by atoms with van der Waals surface area (Å²) in [4.78, 5) is 12.2. The van der Waals surface area contributed by atoms with Crippen molar-refractivity contribution in [2.45, 2.75) is 19.6 Å². The highest BCUT2D eigenvalue weighted by atomic mass is 16.7. The molecule has 0 aliphatic carbocycles. The number of nitrogens with one attached hydrogen (secondary N) is 1. The Bertz CT molecular complexity index is 1050. The Kier molecular flexibility index (Phi) is 6.32. The summed E-state index contributed by atoms with van der Waals surface area (Å²) in [6.07, 6.45) is 0.816. The number of hydrogen-bond acceptors (Lipinski definition) is 6. The van der Waals surface area contributed by atoms with Gasteiger partial charge in [0.25, 0.3) is 5.91 Å². The van der Waals surface area contributed by atoms with Gasteiger partial charge in [-0.1, -0.05) is 30.3 Å². The molecule has 1 aliphatic rings. The first-order valence-corrected chi connectivity index (χ1v) is 9.83. The molecule has 1 atom stereocenters. The smallest absolute Gasteiger partial charge is 0.280 e. The second-order valence-electron chi connectivity index (χ2n) is 6.85. The second-order valence-corrected chi connectivity index (χ2v) is 6.85. The lowest BCUT2D eigenvalue weighted by molar-refractivity contribution is -0.127. The van der Waals surface area contributed by atoms with Crippen LogP contribution in [-0.4, -0.2) is 25.0 Å². The van der Waals surface area contributed by atoms with Gasteiger partial charge in [0.05, 0.1) is 6.21 Å². The van der Waals surface area contributed by atoms with Gasteiger partial charge >= 0.3 is 0 Å². The number of carbonyl (C=O) groups excluding carboxylic acids is 1. The Morgan fingerprint density at radius 3 is 2.58 bits per heavy atom. The molecule has 1 aliphatic heterocycles. The van der Waals surface area contributed by atoms with Gasteiger partial charge in [0.15, 0.2) is 17.6 Å². The van der Waals surface area contributed by atoms with Crippen LogP contribution >= 0.6 is 0 Å². The highest BCUT2D eigenvalue weighted by molar-refractivity contribution is 5.85. The predicted molar refractivity (Wildman–Crippen MR) is 116 cm³/mol. The van der Waals surface area contributed by atoms with E-state index in [2.05, 4.69) is 10.5 Å². The molecule has 7 nitrogen and oxygen atoms in total. The molecule has 1 N–H and O–H groups in total. The van der Waals surface area contributed by atoms with E-state index in [1.807, 2.05) is 36.4 Å². The maximum absolute atomic E-state index is 12.2. The third-order valence-corrected chi connectivity index (χ3v) is 4.54. The Labute approximate surface area is 180 Å². The zero-order chi connectivity index (χ0) is 21.5. The van der Waals surface area contributed by atoms with Gasteiger partial charge in [0.2, 0.25) is 6.79 Å². The highest BCUT2D eigenvalue weighted by Gasteiger charge is 2.15. The molecule has 1 heterocycles. The van der Waals surface area contributed by atoms with Gasteiger partial charge in [-0.05, 0) is 60.5 Å². The number of hydrazone groups is 1. The number of amides is 1. The minimum atomic E-state index is -0.718. The minimum absolute atomic E-state index is 0.210. The summed E-state index contributed by atoms with van der Waals surface area (Å²) in [5.41, 5.74) is 4.35. The molecular weight excluding hydrogens is 396 g/mol. The zero-order valence-corrected chi connectivity index (χ0v) is 17.0. The normalized spacial score (nSPS) is 13.1. The first kappa shape index (κ1) is 20.3. The van der Waals surface area contributed by atoms with Gasteiger partial charge in [0, 0.05) is 0 Å². The molecule has 158 valence electrons. The van der Waals surface area contributed by atoms with Gasteiger partial charge in [-0.2, -0.15) is 5.10 Å². The summed E-state index contributed by atoms with van der Waals surface area (Å²) in [5, 5.41) is 3.98. The van der Waals surface area contributed by atoms with Gasteiger partial charge in [-0.25, -0.2) is 5.43 Å². The van der Waals surface area contributed by atoms with Crippen molar-refractivity contribution in [2.24, 2.45) is 5.10 Å². The van der Waals surface area contributed by atoms with Crippen molar-refractivity contribution in [2.75, 3.05) is 6.79 Å². The Hall–Kier alpha value is -4.00. The number of ether oxygens (including phenoxy) is 4. The Morgan fingerprint density at radius 1 is 1.03 bits per heavy atom. The molecule has 31 heavy (non-hydrogen) atoms. The fourth-order valence-electron chi connectivity index (χ4n) is 2.87. The van der Waals surface area contributed by atoms with Crippen molar-refractivity contribution < 1.29 is 23.7 Å². The summed E-state index contributed by atoms with van der Waals surface area (Å²) >= 11 is 0. The summed E-state index contributed by atoms with van der Waals surface area (Å²) in [5.74, 6) is 2.28. The van der Waals surface area contributed by atoms with Crippen LogP contribution < -0.4 is 24.4 Å². The van der Waals surface area contributed by atoms with E-state index in [4.69, 9.17) is 18.9 Å². The molecule has 0 saturated carbocycles. The predicted octanol–water partition coefficient (Wildman–Crippen LogP) is 3.91. The van der Waals surface area contributed by atoms with Crippen molar-refractivity contribution in [3.8, 4) is 23.0 Å². The number of hydrogen-bond donors (Lipinski definition) is 1. The standard InChI is InChI=1S/C24H22N2O5/c1-17(24(27)26-25-14-19-7-12-22-23(13-19)30-16-29-22)31-21-10-8-20(9-11-21)28-15-18-5-3-2-4-6-18/h2-14,17H,15-16H2,1H3,(H,26,27). The average Bonchev–Trinajstić information content (AvgIpc) is 3.27. The SMILES string of the molecule is CC(Oc1ccc(OCc2ccccc2)cc1)C(=O)NN=Cc1ccc2c(c1)OCO2. The fraction of sp³-hybridized carbons (Fsp3) is 0.167.